The van der Waals surface area contributed by atoms with Gasteiger partial charge in [-0.25, -0.2) is 0 Å². The van der Waals surface area contributed by atoms with E-state index in [1.165, 1.54) is 29.7 Å². The molecule has 0 radical (unpaired) electrons. The lowest BCUT2D eigenvalue weighted by Crippen LogP contribution is -1.90. The first kappa shape index (κ1) is 17.5. The minimum atomic E-state index is 0.0346. The number of nitrogens with one attached hydrogen (secondary N) is 1. The third-order valence-electron chi connectivity index (χ3n) is 4.50. The number of rotatable bonds is 6. The highest BCUT2D eigenvalue weighted by molar-refractivity contribution is 7.16. The fraction of sp³-hybridized carbons (Fsp3) is 0.182. The van der Waals surface area contributed by atoms with E-state index in [0.29, 0.717) is 5.13 Å². The van der Waals surface area contributed by atoms with Gasteiger partial charge in [0.2, 0.25) is 5.88 Å². The molecule has 3 aromatic rings. The number of aryl methyl sites for hydroxylation is 1. The van der Waals surface area contributed by atoms with Gasteiger partial charge in [-0.2, -0.15) is 4.98 Å². The lowest BCUT2D eigenvalue weighted by atomic mass is 10.1. The van der Waals surface area contributed by atoms with Crippen LogP contribution in [0.4, 0.5) is 16.5 Å². The summed E-state index contributed by atoms with van der Waals surface area (Å²) in [4.78, 5) is 9.37. The number of nitrogens with zero attached hydrogens (tertiary/aromatic N) is 2. The van der Waals surface area contributed by atoms with Crippen LogP contribution in [0.1, 0.15) is 35.8 Å². The summed E-state index contributed by atoms with van der Waals surface area (Å²) in [5.41, 5.74) is 5.32. The molecule has 0 unspecified atom stereocenters. The van der Waals surface area contributed by atoms with E-state index in [9.17, 15) is 5.11 Å². The van der Waals surface area contributed by atoms with Crippen LogP contribution < -0.4 is 5.32 Å². The van der Waals surface area contributed by atoms with E-state index in [1.807, 2.05) is 36.6 Å². The summed E-state index contributed by atoms with van der Waals surface area (Å²) in [7, 11) is 0. The summed E-state index contributed by atoms with van der Waals surface area (Å²) in [5, 5.41) is 14.2. The molecule has 27 heavy (non-hydrogen) atoms. The second kappa shape index (κ2) is 7.76. The Morgan fingerprint density at radius 3 is 2.74 bits per heavy atom. The Labute approximate surface area is 163 Å². The molecule has 1 aliphatic heterocycles. The molecule has 0 saturated heterocycles. The van der Waals surface area contributed by atoms with Crippen LogP contribution >= 0.6 is 11.3 Å². The van der Waals surface area contributed by atoms with Gasteiger partial charge in [-0.15, -0.1) is 0 Å². The smallest absolute Gasteiger partial charge is 0.231 e. The van der Waals surface area contributed by atoms with Gasteiger partial charge in [0.25, 0.3) is 0 Å². The molecule has 4 rings (SSSR count). The summed E-state index contributed by atoms with van der Waals surface area (Å²) >= 11 is 1.42. The van der Waals surface area contributed by atoms with E-state index in [1.54, 1.807) is 0 Å². The molecule has 1 aliphatic rings. The predicted octanol–water partition coefficient (Wildman–Crippen LogP) is 6.19. The molecule has 2 aromatic carbocycles. The minimum Gasteiger partial charge on any atom is -0.492 e. The molecule has 1 aromatic heterocycles. The van der Waals surface area contributed by atoms with Crippen molar-refractivity contribution in [1.29, 1.82) is 0 Å². The first-order valence-electron chi connectivity index (χ1n) is 9.14. The Kier molecular flexibility index (Phi) is 5.03. The number of para-hydroxylation sites is 1. The molecule has 2 N–H and O–H groups in total. The SMILES string of the molecule is CCCCc1ccc(Nc2nc(O)c(/C=C3\C=Nc4ccccc43)s2)cc1. The van der Waals surface area contributed by atoms with Gasteiger partial charge >= 0.3 is 0 Å². The number of hydrogen-bond acceptors (Lipinski definition) is 5. The van der Waals surface area contributed by atoms with Crippen LogP contribution in [0.3, 0.4) is 0 Å². The third kappa shape index (κ3) is 3.93. The molecular formula is C22H21N3OS. The Hall–Kier alpha value is -2.92. The lowest BCUT2D eigenvalue weighted by molar-refractivity contribution is 0.457. The maximum absolute atomic E-state index is 10.2. The number of fused-ring (bicyclic) bond motifs is 1. The zero-order valence-electron chi connectivity index (χ0n) is 15.1. The van der Waals surface area contributed by atoms with E-state index in [2.05, 4.69) is 46.5 Å². The molecule has 0 spiro atoms. The number of hydrogen-bond donors (Lipinski definition) is 2. The summed E-state index contributed by atoms with van der Waals surface area (Å²) in [6.07, 6.45) is 7.27. The van der Waals surface area contributed by atoms with E-state index in [4.69, 9.17) is 0 Å². The van der Waals surface area contributed by atoms with Crippen LogP contribution in [-0.2, 0) is 6.42 Å². The van der Waals surface area contributed by atoms with E-state index in [-0.39, 0.29) is 5.88 Å². The first-order chi connectivity index (χ1) is 13.2. The van der Waals surface area contributed by atoms with Crippen molar-refractivity contribution in [3.05, 3.63) is 64.5 Å². The van der Waals surface area contributed by atoms with Crippen molar-refractivity contribution < 1.29 is 5.11 Å². The van der Waals surface area contributed by atoms with Crippen LogP contribution in [0, 0.1) is 0 Å². The standard InChI is InChI=1S/C22H21N3OS/c1-2-3-6-15-9-11-17(12-10-15)24-22-25-21(26)20(27-22)13-16-14-23-19-8-5-4-7-18(16)19/h4-5,7-14,26H,2-3,6H2,1H3,(H,24,25)/b16-13+. The Morgan fingerprint density at radius 2 is 1.93 bits per heavy atom. The zero-order chi connectivity index (χ0) is 18.6. The number of aliphatic imine (C=N–C) groups is 1. The number of thiazole rings is 1. The van der Waals surface area contributed by atoms with Crippen molar-refractivity contribution in [2.24, 2.45) is 4.99 Å². The fourth-order valence-corrected chi connectivity index (χ4v) is 3.86. The summed E-state index contributed by atoms with van der Waals surface area (Å²) in [6.45, 7) is 2.20. The molecule has 0 saturated carbocycles. The second-order valence-electron chi connectivity index (χ2n) is 6.51. The van der Waals surface area contributed by atoms with Gasteiger partial charge in [0.1, 0.15) is 0 Å². The van der Waals surface area contributed by atoms with Crippen LogP contribution in [0.2, 0.25) is 0 Å². The van der Waals surface area contributed by atoms with Crippen molar-refractivity contribution >= 4 is 45.7 Å². The fourth-order valence-electron chi connectivity index (χ4n) is 3.03. The van der Waals surface area contributed by atoms with Gasteiger partial charge in [-0.1, -0.05) is 55.0 Å². The Morgan fingerprint density at radius 1 is 1.11 bits per heavy atom. The minimum absolute atomic E-state index is 0.0346. The molecule has 0 bridgehead atoms. The van der Waals surface area contributed by atoms with E-state index >= 15 is 0 Å². The highest BCUT2D eigenvalue weighted by Gasteiger charge is 2.14. The maximum atomic E-state index is 10.2. The molecule has 4 nitrogen and oxygen atoms in total. The highest BCUT2D eigenvalue weighted by atomic mass is 32.1. The number of allylic oxidation sites excluding steroid dienone is 1. The Bertz CT molecular complexity index is 1000. The molecule has 5 heteroatoms. The van der Waals surface area contributed by atoms with Gasteiger partial charge in [0.15, 0.2) is 5.13 Å². The number of benzene rings is 2. The van der Waals surface area contributed by atoms with Crippen molar-refractivity contribution in [3.63, 3.8) is 0 Å². The number of unbranched alkanes of at least 4 members (excludes halogenated alkanes) is 1. The average molecular weight is 375 g/mol. The van der Waals surface area contributed by atoms with Gasteiger partial charge in [0, 0.05) is 23.0 Å². The topological polar surface area (TPSA) is 57.5 Å². The zero-order valence-corrected chi connectivity index (χ0v) is 16.0. The second-order valence-corrected chi connectivity index (χ2v) is 7.54. The summed E-state index contributed by atoms with van der Waals surface area (Å²) in [6, 6.07) is 16.4. The number of aromatic nitrogens is 1. The quantitative estimate of drug-likeness (QED) is 0.540. The van der Waals surface area contributed by atoms with E-state index in [0.717, 1.165) is 33.8 Å². The molecule has 136 valence electrons. The molecule has 2 heterocycles. The maximum Gasteiger partial charge on any atom is 0.231 e. The predicted molar refractivity (Wildman–Crippen MR) is 115 cm³/mol. The van der Waals surface area contributed by atoms with Gasteiger partial charge in [-0.05, 0) is 42.7 Å². The largest absolute Gasteiger partial charge is 0.492 e. The average Bonchev–Trinajstić information content (AvgIpc) is 3.25. The van der Waals surface area contributed by atoms with Gasteiger partial charge in [-0.3, -0.25) is 4.99 Å². The number of anilines is 2. The van der Waals surface area contributed by atoms with Gasteiger partial charge < -0.3 is 10.4 Å². The van der Waals surface area contributed by atoms with Gasteiger partial charge in [0.05, 0.1) is 10.6 Å². The van der Waals surface area contributed by atoms with Crippen LogP contribution in [0.25, 0.3) is 11.6 Å². The molecule has 0 atom stereocenters. The third-order valence-corrected chi connectivity index (χ3v) is 5.41. The monoisotopic (exact) mass is 375 g/mol. The van der Waals surface area contributed by atoms with Crippen molar-refractivity contribution in [3.8, 4) is 5.88 Å². The summed E-state index contributed by atoms with van der Waals surface area (Å²) < 4.78 is 0. The summed E-state index contributed by atoms with van der Waals surface area (Å²) in [5.74, 6) is 0.0346. The molecule has 0 aliphatic carbocycles. The molecule has 0 amide bonds. The van der Waals surface area contributed by atoms with Crippen LogP contribution in [0.5, 0.6) is 5.88 Å². The Balaban J connectivity index is 1.51. The van der Waals surface area contributed by atoms with Crippen LogP contribution in [0.15, 0.2) is 53.5 Å². The van der Waals surface area contributed by atoms with Crippen molar-refractivity contribution in [2.45, 2.75) is 26.2 Å². The first-order valence-corrected chi connectivity index (χ1v) is 9.95. The number of aromatic hydroxyl groups is 1. The van der Waals surface area contributed by atoms with Crippen molar-refractivity contribution in [1.82, 2.24) is 4.98 Å². The van der Waals surface area contributed by atoms with Crippen LogP contribution in [-0.4, -0.2) is 16.3 Å². The normalized spacial score (nSPS) is 13.9. The lowest BCUT2D eigenvalue weighted by Gasteiger charge is -2.04. The van der Waals surface area contributed by atoms with Crippen molar-refractivity contribution in [2.75, 3.05) is 5.32 Å². The molecular weight excluding hydrogens is 354 g/mol. The molecule has 0 fully saturated rings. The highest BCUT2D eigenvalue weighted by Crippen LogP contribution is 2.37. The van der Waals surface area contributed by atoms with E-state index < -0.39 is 0 Å².